The van der Waals surface area contributed by atoms with E-state index < -0.39 is 0 Å². The van der Waals surface area contributed by atoms with Crippen molar-refractivity contribution in [3.8, 4) is 0 Å². The highest BCUT2D eigenvalue weighted by atomic mass is 35.5. The standard InChI is InChI=1S/C16H24Cl2O3/c1-19-9-10-21-12-11-20-8-7-16(13-17,14-18)15-5-3-2-4-6-15/h2-6H,7-14H2,1H3. The van der Waals surface area contributed by atoms with E-state index in [0.717, 1.165) is 12.0 Å². The van der Waals surface area contributed by atoms with E-state index in [-0.39, 0.29) is 5.41 Å². The van der Waals surface area contributed by atoms with E-state index in [1.165, 1.54) is 0 Å². The molecule has 3 nitrogen and oxygen atoms in total. The lowest BCUT2D eigenvalue weighted by atomic mass is 9.81. The van der Waals surface area contributed by atoms with Gasteiger partial charge >= 0.3 is 0 Å². The van der Waals surface area contributed by atoms with Gasteiger partial charge in [-0.15, -0.1) is 23.2 Å². The van der Waals surface area contributed by atoms with Crippen molar-refractivity contribution < 1.29 is 14.2 Å². The maximum atomic E-state index is 6.18. The van der Waals surface area contributed by atoms with Crippen LogP contribution in [0.3, 0.4) is 0 Å². The molecule has 1 aromatic rings. The van der Waals surface area contributed by atoms with Crippen molar-refractivity contribution in [2.75, 3.05) is 51.9 Å². The van der Waals surface area contributed by atoms with Crippen LogP contribution in [0.1, 0.15) is 12.0 Å². The quantitative estimate of drug-likeness (QED) is 0.432. The summed E-state index contributed by atoms with van der Waals surface area (Å²) in [5.74, 6) is 0.961. The molecule has 0 atom stereocenters. The monoisotopic (exact) mass is 334 g/mol. The molecule has 0 amide bonds. The molecule has 5 heteroatoms. The largest absolute Gasteiger partial charge is 0.382 e. The molecule has 0 radical (unpaired) electrons. The minimum absolute atomic E-state index is 0.235. The molecule has 1 rings (SSSR count). The molecule has 0 spiro atoms. The summed E-state index contributed by atoms with van der Waals surface area (Å²) in [6.45, 7) is 2.96. The number of ether oxygens (including phenoxy) is 3. The number of rotatable bonds is 12. The number of hydrogen-bond donors (Lipinski definition) is 0. The highest BCUT2D eigenvalue weighted by Gasteiger charge is 2.30. The summed E-state index contributed by atoms with van der Waals surface area (Å²) >= 11 is 12.4. The molecule has 0 bridgehead atoms. The predicted octanol–water partition coefficient (Wildman–Crippen LogP) is 3.47. The fraction of sp³-hybridized carbons (Fsp3) is 0.625. The zero-order valence-corrected chi connectivity index (χ0v) is 14.0. The smallest absolute Gasteiger partial charge is 0.0701 e. The Morgan fingerprint density at radius 1 is 0.857 bits per heavy atom. The van der Waals surface area contributed by atoms with Gasteiger partial charge in [0.2, 0.25) is 0 Å². The van der Waals surface area contributed by atoms with Crippen LogP contribution in [-0.4, -0.2) is 51.9 Å². The van der Waals surface area contributed by atoms with Crippen molar-refractivity contribution in [3.63, 3.8) is 0 Å². The van der Waals surface area contributed by atoms with Crippen LogP contribution in [0.25, 0.3) is 0 Å². The lowest BCUT2D eigenvalue weighted by molar-refractivity contribution is 0.0216. The van der Waals surface area contributed by atoms with E-state index in [0.29, 0.717) is 44.8 Å². The first-order valence-electron chi connectivity index (χ1n) is 7.11. The van der Waals surface area contributed by atoms with Crippen molar-refractivity contribution in [1.29, 1.82) is 0 Å². The summed E-state index contributed by atoms with van der Waals surface area (Å²) in [6, 6.07) is 10.1. The van der Waals surface area contributed by atoms with Gasteiger partial charge < -0.3 is 14.2 Å². The van der Waals surface area contributed by atoms with Crippen LogP contribution in [0.4, 0.5) is 0 Å². The van der Waals surface area contributed by atoms with E-state index >= 15 is 0 Å². The van der Waals surface area contributed by atoms with Gasteiger partial charge in [-0.25, -0.2) is 0 Å². The Balaban J connectivity index is 2.32. The zero-order chi connectivity index (χ0) is 15.4. The zero-order valence-electron chi connectivity index (χ0n) is 12.5. The molecule has 21 heavy (non-hydrogen) atoms. The highest BCUT2D eigenvalue weighted by molar-refractivity contribution is 6.22. The molecule has 0 fully saturated rings. The molecule has 0 aliphatic rings. The average molecular weight is 335 g/mol. The predicted molar refractivity (Wildman–Crippen MR) is 87.7 cm³/mol. The maximum absolute atomic E-state index is 6.18. The first-order chi connectivity index (χ1) is 10.3. The highest BCUT2D eigenvalue weighted by Crippen LogP contribution is 2.31. The summed E-state index contributed by atoms with van der Waals surface area (Å²) in [6.07, 6.45) is 0.794. The minimum Gasteiger partial charge on any atom is -0.382 e. The van der Waals surface area contributed by atoms with E-state index in [1.807, 2.05) is 18.2 Å². The first kappa shape index (κ1) is 18.7. The summed E-state index contributed by atoms with van der Waals surface area (Å²) in [7, 11) is 1.65. The van der Waals surface area contributed by atoms with Crippen LogP contribution >= 0.6 is 23.2 Å². The maximum Gasteiger partial charge on any atom is 0.0701 e. The Kier molecular flexibility index (Phi) is 10.1. The Labute approximate surface area is 137 Å². The van der Waals surface area contributed by atoms with Crippen LogP contribution in [-0.2, 0) is 19.6 Å². The van der Waals surface area contributed by atoms with Gasteiger partial charge in [-0.3, -0.25) is 0 Å². The molecule has 0 saturated heterocycles. The average Bonchev–Trinajstić information content (AvgIpc) is 2.55. The second-order valence-corrected chi connectivity index (χ2v) is 5.42. The van der Waals surface area contributed by atoms with Gasteiger partial charge in [-0.2, -0.15) is 0 Å². The molecule has 0 aliphatic heterocycles. The number of methoxy groups -OCH3 is 1. The van der Waals surface area contributed by atoms with Gasteiger partial charge in [0.1, 0.15) is 0 Å². The summed E-state index contributed by atoms with van der Waals surface area (Å²) in [4.78, 5) is 0. The number of hydrogen-bond acceptors (Lipinski definition) is 3. The van der Waals surface area contributed by atoms with Crippen LogP contribution in [0.2, 0.25) is 0 Å². The second kappa shape index (κ2) is 11.3. The Morgan fingerprint density at radius 3 is 2.00 bits per heavy atom. The summed E-state index contributed by atoms with van der Waals surface area (Å²) in [5, 5.41) is 0. The van der Waals surface area contributed by atoms with Crippen LogP contribution in [0.15, 0.2) is 30.3 Å². The van der Waals surface area contributed by atoms with Crippen LogP contribution in [0.5, 0.6) is 0 Å². The van der Waals surface area contributed by atoms with Gasteiger partial charge in [0, 0.05) is 30.9 Å². The summed E-state index contributed by atoms with van der Waals surface area (Å²) in [5.41, 5.74) is 0.927. The van der Waals surface area contributed by atoms with Crippen molar-refractivity contribution in [3.05, 3.63) is 35.9 Å². The molecule has 0 unspecified atom stereocenters. The number of alkyl halides is 2. The molecular weight excluding hydrogens is 311 g/mol. The van der Waals surface area contributed by atoms with Gasteiger partial charge in [0.05, 0.1) is 26.4 Å². The lowest BCUT2D eigenvalue weighted by Gasteiger charge is -2.30. The van der Waals surface area contributed by atoms with Crippen LogP contribution in [0, 0.1) is 0 Å². The third-order valence-corrected chi connectivity index (χ3v) is 4.45. The minimum atomic E-state index is -0.235. The van der Waals surface area contributed by atoms with Crippen molar-refractivity contribution in [2.24, 2.45) is 0 Å². The Bertz CT molecular complexity index is 356. The van der Waals surface area contributed by atoms with Gasteiger partial charge in [0.15, 0.2) is 0 Å². The topological polar surface area (TPSA) is 27.7 Å². The molecular formula is C16H24Cl2O3. The second-order valence-electron chi connectivity index (χ2n) is 4.88. The van der Waals surface area contributed by atoms with E-state index in [1.54, 1.807) is 7.11 Å². The molecule has 0 saturated carbocycles. The van der Waals surface area contributed by atoms with Crippen molar-refractivity contribution in [1.82, 2.24) is 0 Å². The Morgan fingerprint density at radius 2 is 1.43 bits per heavy atom. The third kappa shape index (κ3) is 6.54. The van der Waals surface area contributed by atoms with Crippen LogP contribution < -0.4 is 0 Å². The van der Waals surface area contributed by atoms with E-state index in [9.17, 15) is 0 Å². The van der Waals surface area contributed by atoms with Crippen molar-refractivity contribution in [2.45, 2.75) is 11.8 Å². The van der Waals surface area contributed by atoms with Crippen molar-refractivity contribution >= 4 is 23.2 Å². The van der Waals surface area contributed by atoms with E-state index in [2.05, 4.69) is 12.1 Å². The molecule has 120 valence electrons. The normalized spacial score (nSPS) is 11.8. The fourth-order valence-electron chi connectivity index (χ4n) is 1.99. The third-order valence-electron chi connectivity index (χ3n) is 3.43. The Hall–Kier alpha value is -0.320. The summed E-state index contributed by atoms with van der Waals surface area (Å²) < 4.78 is 15.9. The number of benzene rings is 1. The lowest BCUT2D eigenvalue weighted by Crippen LogP contribution is -2.32. The SMILES string of the molecule is COCCOCCOCCC(CCl)(CCl)c1ccccc1. The molecule has 0 aromatic heterocycles. The van der Waals surface area contributed by atoms with Gasteiger partial charge in [-0.05, 0) is 12.0 Å². The molecule has 0 heterocycles. The number of halogens is 2. The fourth-order valence-corrected chi connectivity index (χ4v) is 2.85. The van der Waals surface area contributed by atoms with E-state index in [4.69, 9.17) is 37.4 Å². The van der Waals surface area contributed by atoms with Gasteiger partial charge in [0.25, 0.3) is 0 Å². The molecule has 0 aliphatic carbocycles. The molecule has 0 N–H and O–H groups in total. The molecule has 1 aromatic carbocycles. The first-order valence-corrected chi connectivity index (χ1v) is 8.18. The van der Waals surface area contributed by atoms with Gasteiger partial charge in [-0.1, -0.05) is 30.3 Å².